The Bertz CT molecular complexity index is 511. The van der Waals surface area contributed by atoms with Crippen LogP contribution in [0, 0.1) is 0 Å². The van der Waals surface area contributed by atoms with Gasteiger partial charge in [-0.2, -0.15) is 0 Å². The monoisotopic (exact) mass is 308 g/mol. The van der Waals surface area contributed by atoms with Crippen molar-refractivity contribution < 1.29 is 19.0 Å². The molecule has 2 amide bonds. The molecule has 1 N–H and O–H groups in total. The average molecular weight is 308 g/mol. The Morgan fingerprint density at radius 2 is 1.86 bits per heavy atom. The van der Waals surface area contributed by atoms with Crippen LogP contribution in [-0.2, 0) is 11.3 Å². The predicted molar refractivity (Wildman–Crippen MR) is 83.4 cm³/mol. The zero-order chi connectivity index (χ0) is 16.1. The molecule has 1 aromatic carbocycles. The fourth-order valence-corrected chi connectivity index (χ4v) is 2.62. The summed E-state index contributed by atoms with van der Waals surface area (Å²) in [6.45, 7) is 5.62. The first-order chi connectivity index (χ1) is 10.5. The van der Waals surface area contributed by atoms with Crippen LogP contribution in [0.2, 0.25) is 0 Å². The van der Waals surface area contributed by atoms with Gasteiger partial charge in [-0.1, -0.05) is 6.07 Å². The number of nitrogens with zero attached hydrogens (tertiary/aromatic N) is 1. The molecule has 2 rings (SSSR count). The third-order valence-electron chi connectivity index (χ3n) is 3.60. The molecule has 1 fully saturated rings. The van der Waals surface area contributed by atoms with Crippen LogP contribution in [0.15, 0.2) is 18.2 Å². The molecule has 0 saturated carbocycles. The number of hydrogen-bond acceptors (Lipinski definition) is 4. The zero-order valence-electron chi connectivity index (χ0n) is 13.6. The number of carbonyl (C=O) groups is 1. The predicted octanol–water partition coefficient (Wildman–Crippen LogP) is 2.02. The highest BCUT2D eigenvalue weighted by Crippen LogP contribution is 2.27. The van der Waals surface area contributed by atoms with Gasteiger partial charge in [0.15, 0.2) is 11.5 Å². The third-order valence-corrected chi connectivity index (χ3v) is 3.60. The van der Waals surface area contributed by atoms with Gasteiger partial charge in [-0.3, -0.25) is 0 Å². The van der Waals surface area contributed by atoms with E-state index in [1.807, 2.05) is 32.0 Å². The number of benzene rings is 1. The fraction of sp³-hybridized carbons (Fsp3) is 0.562. The van der Waals surface area contributed by atoms with Gasteiger partial charge in [0.2, 0.25) is 0 Å². The maximum Gasteiger partial charge on any atom is 0.317 e. The topological polar surface area (TPSA) is 60.0 Å². The van der Waals surface area contributed by atoms with E-state index in [-0.39, 0.29) is 18.2 Å². The maximum absolute atomic E-state index is 12.2. The van der Waals surface area contributed by atoms with Crippen LogP contribution in [0.25, 0.3) is 0 Å². The summed E-state index contributed by atoms with van der Waals surface area (Å²) in [7, 11) is 3.19. The molecule has 22 heavy (non-hydrogen) atoms. The first-order valence-corrected chi connectivity index (χ1v) is 7.42. The number of rotatable bonds is 4. The smallest absolute Gasteiger partial charge is 0.317 e. The van der Waals surface area contributed by atoms with Crippen LogP contribution in [0.1, 0.15) is 19.4 Å². The molecule has 2 atom stereocenters. The second kappa shape index (κ2) is 7.35. The minimum atomic E-state index is -0.0724. The van der Waals surface area contributed by atoms with Crippen LogP contribution < -0.4 is 14.8 Å². The third kappa shape index (κ3) is 4.04. The minimum absolute atomic E-state index is 0.0654. The van der Waals surface area contributed by atoms with Crippen LogP contribution >= 0.6 is 0 Å². The molecule has 0 spiro atoms. The number of urea groups is 1. The summed E-state index contributed by atoms with van der Waals surface area (Å²) in [6.07, 6.45) is 0.131. The summed E-state index contributed by atoms with van der Waals surface area (Å²) in [5, 5.41) is 2.93. The first-order valence-electron chi connectivity index (χ1n) is 7.42. The van der Waals surface area contributed by atoms with E-state index in [0.717, 1.165) is 5.56 Å². The Morgan fingerprint density at radius 3 is 2.45 bits per heavy atom. The molecule has 1 heterocycles. The fourth-order valence-electron chi connectivity index (χ4n) is 2.62. The summed E-state index contributed by atoms with van der Waals surface area (Å²) in [5.41, 5.74) is 0.959. The van der Waals surface area contributed by atoms with E-state index in [1.165, 1.54) is 0 Å². The highest BCUT2D eigenvalue weighted by atomic mass is 16.5. The highest BCUT2D eigenvalue weighted by Gasteiger charge is 2.25. The van der Waals surface area contributed by atoms with E-state index in [2.05, 4.69) is 5.32 Å². The van der Waals surface area contributed by atoms with Crippen molar-refractivity contribution in [2.45, 2.75) is 32.6 Å². The summed E-state index contributed by atoms with van der Waals surface area (Å²) < 4.78 is 16.1. The van der Waals surface area contributed by atoms with Crippen LogP contribution in [-0.4, -0.2) is 50.4 Å². The van der Waals surface area contributed by atoms with Crippen molar-refractivity contribution >= 4 is 6.03 Å². The average Bonchev–Trinajstić information content (AvgIpc) is 2.51. The molecule has 6 nitrogen and oxygen atoms in total. The lowest BCUT2D eigenvalue weighted by Gasteiger charge is -2.35. The molecule has 1 saturated heterocycles. The minimum Gasteiger partial charge on any atom is -0.493 e. The van der Waals surface area contributed by atoms with Crippen molar-refractivity contribution in [3.8, 4) is 11.5 Å². The van der Waals surface area contributed by atoms with E-state index in [0.29, 0.717) is 31.1 Å². The van der Waals surface area contributed by atoms with Crippen LogP contribution in [0.4, 0.5) is 4.79 Å². The Morgan fingerprint density at radius 1 is 1.23 bits per heavy atom. The molecule has 1 aliphatic heterocycles. The first kappa shape index (κ1) is 16.4. The highest BCUT2D eigenvalue weighted by molar-refractivity contribution is 5.74. The van der Waals surface area contributed by atoms with Gasteiger partial charge in [-0.05, 0) is 31.5 Å². The summed E-state index contributed by atoms with van der Waals surface area (Å²) in [5.74, 6) is 1.33. The van der Waals surface area contributed by atoms with Crippen molar-refractivity contribution in [3.63, 3.8) is 0 Å². The lowest BCUT2D eigenvalue weighted by molar-refractivity contribution is -0.0545. The van der Waals surface area contributed by atoms with E-state index < -0.39 is 0 Å². The second-order valence-electron chi connectivity index (χ2n) is 5.51. The normalized spacial score (nSPS) is 21.4. The SMILES string of the molecule is COc1ccc(CNC(=O)N2CC(C)OC(C)C2)cc1OC. The molecule has 0 bridgehead atoms. The molecule has 1 aromatic rings. The van der Waals surface area contributed by atoms with Gasteiger partial charge >= 0.3 is 6.03 Å². The van der Waals surface area contributed by atoms with Crippen LogP contribution in [0.5, 0.6) is 11.5 Å². The quantitative estimate of drug-likeness (QED) is 0.924. The van der Waals surface area contributed by atoms with Crippen molar-refractivity contribution in [1.82, 2.24) is 10.2 Å². The van der Waals surface area contributed by atoms with Crippen molar-refractivity contribution in [2.24, 2.45) is 0 Å². The molecule has 6 heteroatoms. The van der Waals surface area contributed by atoms with Gasteiger partial charge in [-0.25, -0.2) is 4.79 Å². The number of ether oxygens (including phenoxy) is 3. The molecular weight excluding hydrogens is 284 g/mol. The largest absolute Gasteiger partial charge is 0.493 e. The van der Waals surface area contributed by atoms with Gasteiger partial charge in [0.25, 0.3) is 0 Å². The van der Waals surface area contributed by atoms with E-state index >= 15 is 0 Å². The summed E-state index contributed by atoms with van der Waals surface area (Å²) in [4.78, 5) is 14.0. The van der Waals surface area contributed by atoms with Gasteiger partial charge in [0, 0.05) is 19.6 Å². The van der Waals surface area contributed by atoms with Gasteiger partial charge in [0.1, 0.15) is 0 Å². The molecule has 1 aliphatic rings. The second-order valence-corrected chi connectivity index (χ2v) is 5.51. The van der Waals surface area contributed by atoms with Gasteiger partial charge in [-0.15, -0.1) is 0 Å². The lowest BCUT2D eigenvalue weighted by atomic mass is 10.2. The number of morpholine rings is 1. The standard InChI is InChI=1S/C16H24N2O4/c1-11-9-18(10-12(2)22-11)16(19)17-8-13-5-6-14(20-3)15(7-13)21-4/h5-7,11-12H,8-10H2,1-4H3,(H,17,19). The molecule has 0 radical (unpaired) electrons. The Hall–Kier alpha value is -1.95. The Labute approximate surface area is 131 Å². The lowest BCUT2D eigenvalue weighted by Crippen LogP contribution is -2.51. The number of hydrogen-bond donors (Lipinski definition) is 1. The summed E-state index contributed by atoms with van der Waals surface area (Å²) >= 11 is 0. The van der Waals surface area contributed by atoms with Gasteiger partial charge in [0.05, 0.1) is 26.4 Å². The van der Waals surface area contributed by atoms with Crippen LogP contribution in [0.3, 0.4) is 0 Å². The Kier molecular flexibility index (Phi) is 5.49. The number of amides is 2. The molecule has 0 aromatic heterocycles. The maximum atomic E-state index is 12.2. The molecular formula is C16H24N2O4. The number of methoxy groups -OCH3 is 2. The number of carbonyl (C=O) groups excluding carboxylic acids is 1. The molecule has 2 unspecified atom stereocenters. The van der Waals surface area contributed by atoms with Gasteiger partial charge < -0.3 is 24.4 Å². The van der Waals surface area contributed by atoms with Crippen molar-refractivity contribution in [3.05, 3.63) is 23.8 Å². The Balaban J connectivity index is 1.93. The molecule has 0 aliphatic carbocycles. The van der Waals surface area contributed by atoms with E-state index in [1.54, 1.807) is 19.1 Å². The van der Waals surface area contributed by atoms with Crippen molar-refractivity contribution in [1.29, 1.82) is 0 Å². The number of nitrogens with one attached hydrogen (secondary N) is 1. The zero-order valence-corrected chi connectivity index (χ0v) is 13.6. The van der Waals surface area contributed by atoms with E-state index in [4.69, 9.17) is 14.2 Å². The van der Waals surface area contributed by atoms with Crippen molar-refractivity contribution in [2.75, 3.05) is 27.3 Å². The summed E-state index contributed by atoms with van der Waals surface area (Å²) in [6, 6.07) is 5.53. The molecule has 122 valence electrons. The van der Waals surface area contributed by atoms with E-state index in [9.17, 15) is 4.79 Å².